The van der Waals surface area contributed by atoms with Crippen LogP contribution in [0.3, 0.4) is 0 Å². The molecule has 0 spiro atoms. The van der Waals surface area contributed by atoms with Crippen LogP contribution in [-0.2, 0) is 0 Å². The zero-order valence-electron chi connectivity index (χ0n) is 10.5. The normalized spacial score (nSPS) is 25.8. The van der Waals surface area contributed by atoms with Crippen LogP contribution in [0.1, 0.15) is 47.5 Å². The van der Waals surface area contributed by atoms with Gasteiger partial charge in [0.15, 0.2) is 0 Å². The molecule has 0 saturated carbocycles. The predicted molar refractivity (Wildman–Crippen MR) is 59.3 cm³/mol. The van der Waals surface area contributed by atoms with Crippen molar-refractivity contribution in [1.82, 2.24) is 4.90 Å². The first-order valence-corrected chi connectivity index (χ1v) is 5.65. The highest BCUT2D eigenvalue weighted by molar-refractivity contribution is 4.97. The van der Waals surface area contributed by atoms with E-state index in [-0.39, 0.29) is 23.9 Å². The monoisotopic (exact) mass is 219 g/mol. The lowest BCUT2D eigenvalue weighted by Gasteiger charge is -2.32. The molecule has 0 amide bonds. The summed E-state index contributed by atoms with van der Waals surface area (Å²) in [6.45, 7) is 11.0. The molecule has 0 aromatic carbocycles. The van der Waals surface area contributed by atoms with Gasteiger partial charge in [0.25, 0.3) is 5.92 Å². The number of likely N-dealkylation sites (tertiary alicyclic amines) is 1. The van der Waals surface area contributed by atoms with Crippen molar-refractivity contribution in [2.45, 2.75) is 58.9 Å². The summed E-state index contributed by atoms with van der Waals surface area (Å²) in [6.07, 6.45) is 0.955. The van der Waals surface area contributed by atoms with Gasteiger partial charge in [-0.2, -0.15) is 0 Å². The van der Waals surface area contributed by atoms with E-state index in [4.69, 9.17) is 0 Å². The molecule has 90 valence electrons. The lowest BCUT2D eigenvalue weighted by atomic mass is 9.91. The van der Waals surface area contributed by atoms with Crippen LogP contribution in [0.15, 0.2) is 0 Å². The van der Waals surface area contributed by atoms with Crippen LogP contribution < -0.4 is 0 Å². The standard InChI is InChI=1S/C12H23F2N/c1-10(2,3)6-7-15-9-12(13,14)8-11(15,4)5/h6-9H2,1-5H3. The second kappa shape index (κ2) is 3.69. The number of hydrogen-bond acceptors (Lipinski definition) is 1. The molecule has 1 nitrogen and oxygen atoms in total. The minimum atomic E-state index is -2.50. The average Bonchev–Trinajstić information content (AvgIpc) is 2.13. The van der Waals surface area contributed by atoms with E-state index < -0.39 is 5.92 Å². The Morgan fingerprint density at radius 1 is 1.20 bits per heavy atom. The van der Waals surface area contributed by atoms with Crippen LogP contribution in [0.2, 0.25) is 0 Å². The van der Waals surface area contributed by atoms with Gasteiger partial charge in [0, 0.05) is 12.0 Å². The third kappa shape index (κ3) is 3.71. The fourth-order valence-electron chi connectivity index (χ4n) is 2.15. The van der Waals surface area contributed by atoms with Crippen LogP contribution in [0.25, 0.3) is 0 Å². The van der Waals surface area contributed by atoms with Crippen molar-refractivity contribution in [2.75, 3.05) is 13.1 Å². The lowest BCUT2D eigenvalue weighted by molar-refractivity contribution is 0.0109. The summed E-state index contributed by atoms with van der Waals surface area (Å²) in [7, 11) is 0. The smallest absolute Gasteiger partial charge is 0.262 e. The fraction of sp³-hybridized carbons (Fsp3) is 1.00. The van der Waals surface area contributed by atoms with Crippen molar-refractivity contribution < 1.29 is 8.78 Å². The summed E-state index contributed by atoms with van der Waals surface area (Å²) in [6, 6.07) is 0. The Kier molecular flexibility index (Phi) is 3.17. The van der Waals surface area contributed by atoms with Gasteiger partial charge < -0.3 is 0 Å². The van der Waals surface area contributed by atoms with E-state index >= 15 is 0 Å². The SMILES string of the molecule is CC(C)(C)CCN1CC(F)(F)CC1(C)C. The number of nitrogens with zero attached hydrogens (tertiary/aromatic N) is 1. The molecule has 0 N–H and O–H groups in total. The van der Waals surface area contributed by atoms with Gasteiger partial charge in [-0.25, -0.2) is 8.78 Å². The molecule has 0 aliphatic carbocycles. The highest BCUT2D eigenvalue weighted by Crippen LogP contribution is 2.39. The summed E-state index contributed by atoms with van der Waals surface area (Å²) >= 11 is 0. The van der Waals surface area contributed by atoms with Gasteiger partial charge in [-0.3, -0.25) is 4.90 Å². The Hall–Kier alpha value is -0.180. The van der Waals surface area contributed by atoms with Crippen molar-refractivity contribution in [1.29, 1.82) is 0 Å². The second-order valence-electron chi connectivity index (χ2n) is 6.58. The summed E-state index contributed by atoms with van der Waals surface area (Å²) in [5, 5.41) is 0. The third-order valence-electron chi connectivity index (χ3n) is 3.10. The van der Waals surface area contributed by atoms with E-state index in [2.05, 4.69) is 20.8 Å². The molecule has 1 fully saturated rings. The first-order valence-electron chi connectivity index (χ1n) is 5.65. The second-order valence-corrected chi connectivity index (χ2v) is 6.58. The Labute approximate surface area is 91.8 Å². The quantitative estimate of drug-likeness (QED) is 0.686. The summed E-state index contributed by atoms with van der Waals surface area (Å²) in [5.74, 6) is -2.50. The maximum absolute atomic E-state index is 13.3. The Balaban J connectivity index is 2.56. The van der Waals surface area contributed by atoms with Gasteiger partial charge in [-0.05, 0) is 32.2 Å². The van der Waals surface area contributed by atoms with Crippen LogP contribution in [0.4, 0.5) is 8.78 Å². The van der Waals surface area contributed by atoms with Crippen molar-refractivity contribution in [3.8, 4) is 0 Å². The Morgan fingerprint density at radius 3 is 2.07 bits per heavy atom. The van der Waals surface area contributed by atoms with Gasteiger partial charge in [0.2, 0.25) is 0 Å². The van der Waals surface area contributed by atoms with E-state index in [1.54, 1.807) is 0 Å². The zero-order valence-corrected chi connectivity index (χ0v) is 10.5. The van der Waals surface area contributed by atoms with E-state index in [1.165, 1.54) is 0 Å². The topological polar surface area (TPSA) is 3.24 Å². The average molecular weight is 219 g/mol. The fourth-order valence-corrected chi connectivity index (χ4v) is 2.15. The molecule has 1 saturated heterocycles. The van der Waals surface area contributed by atoms with Crippen molar-refractivity contribution in [3.05, 3.63) is 0 Å². The van der Waals surface area contributed by atoms with Gasteiger partial charge in [0.1, 0.15) is 0 Å². The Bertz CT molecular complexity index is 228. The number of halogens is 2. The Morgan fingerprint density at radius 2 is 1.73 bits per heavy atom. The number of alkyl halides is 2. The predicted octanol–water partition coefficient (Wildman–Crippen LogP) is 3.54. The molecule has 0 atom stereocenters. The van der Waals surface area contributed by atoms with Gasteiger partial charge in [-0.15, -0.1) is 0 Å². The van der Waals surface area contributed by atoms with Gasteiger partial charge in [0.05, 0.1) is 6.54 Å². The van der Waals surface area contributed by atoms with E-state index in [9.17, 15) is 8.78 Å². The van der Waals surface area contributed by atoms with Crippen molar-refractivity contribution in [2.24, 2.45) is 5.41 Å². The van der Waals surface area contributed by atoms with Crippen LogP contribution in [0, 0.1) is 5.41 Å². The molecule has 15 heavy (non-hydrogen) atoms. The highest BCUT2D eigenvalue weighted by Gasteiger charge is 2.49. The van der Waals surface area contributed by atoms with E-state index in [1.807, 2.05) is 18.7 Å². The van der Waals surface area contributed by atoms with Crippen molar-refractivity contribution >= 4 is 0 Å². The lowest BCUT2D eigenvalue weighted by Crippen LogP contribution is -2.39. The van der Waals surface area contributed by atoms with Gasteiger partial charge in [-0.1, -0.05) is 20.8 Å². The number of hydrogen-bond donors (Lipinski definition) is 0. The molecule has 1 rings (SSSR count). The van der Waals surface area contributed by atoms with Crippen LogP contribution >= 0.6 is 0 Å². The molecule has 0 aromatic heterocycles. The minimum absolute atomic E-state index is 0.00978. The van der Waals surface area contributed by atoms with E-state index in [0.717, 1.165) is 13.0 Å². The summed E-state index contributed by atoms with van der Waals surface area (Å²) in [4.78, 5) is 1.93. The molecule has 1 aliphatic heterocycles. The highest BCUT2D eigenvalue weighted by atomic mass is 19.3. The number of rotatable bonds is 2. The zero-order chi connectivity index (χ0) is 11.9. The largest absolute Gasteiger partial charge is 0.292 e. The van der Waals surface area contributed by atoms with Crippen LogP contribution in [-0.4, -0.2) is 29.5 Å². The first kappa shape index (κ1) is 12.9. The van der Waals surface area contributed by atoms with E-state index in [0.29, 0.717) is 0 Å². The molecular formula is C12H23F2N. The molecule has 0 aromatic rings. The molecule has 0 bridgehead atoms. The maximum Gasteiger partial charge on any atom is 0.262 e. The molecule has 1 heterocycles. The van der Waals surface area contributed by atoms with Crippen molar-refractivity contribution in [3.63, 3.8) is 0 Å². The molecule has 1 aliphatic rings. The molecule has 3 heteroatoms. The minimum Gasteiger partial charge on any atom is -0.292 e. The summed E-state index contributed by atoms with van der Waals surface area (Å²) < 4.78 is 26.5. The molecule has 0 unspecified atom stereocenters. The summed E-state index contributed by atoms with van der Waals surface area (Å²) in [5.41, 5.74) is -0.136. The van der Waals surface area contributed by atoms with Gasteiger partial charge >= 0.3 is 0 Å². The van der Waals surface area contributed by atoms with Crippen LogP contribution in [0.5, 0.6) is 0 Å². The first-order chi connectivity index (χ1) is 6.52. The maximum atomic E-state index is 13.3. The molecule has 0 radical (unpaired) electrons. The third-order valence-corrected chi connectivity index (χ3v) is 3.10. The molecular weight excluding hydrogens is 196 g/mol.